The third kappa shape index (κ3) is 21.6. The van der Waals surface area contributed by atoms with Crippen molar-refractivity contribution in [2.45, 2.75) is 258 Å². The standard InChI is InChI=1S/C28H52N2O4.C18H39NO4Si/c1-25(2)17-21(18-26(3,4)29-25)33-23(31)15-13-11-9-10-12-14-16-24(32)34-22-19-27(5,6)30-28(7,8)20-22;1-8-21-24(22-9-2,23-10-3)13-11-12-20-16-14-17(4,5)19-18(6,7)15-16/h21-22,29-30H,9-20H2,1-8H3;16,19H,8-15H2,1-7H3. The molecule has 3 rings (SSSR count). The van der Waals surface area contributed by atoms with E-state index < -0.39 is 8.80 Å². The van der Waals surface area contributed by atoms with Gasteiger partial charge in [-0.25, -0.2) is 0 Å². The molecule has 3 aliphatic heterocycles. The van der Waals surface area contributed by atoms with Gasteiger partial charge in [-0.15, -0.1) is 0 Å². The lowest BCUT2D eigenvalue weighted by molar-refractivity contribution is -0.154. The molecule has 58 heavy (non-hydrogen) atoms. The van der Waals surface area contributed by atoms with Gasteiger partial charge >= 0.3 is 20.7 Å². The van der Waals surface area contributed by atoms with Crippen LogP contribution in [0.25, 0.3) is 0 Å². The third-order valence-electron chi connectivity index (χ3n) is 11.1. The Morgan fingerprint density at radius 1 is 0.466 bits per heavy atom. The molecule has 0 aromatic carbocycles. The first-order valence-corrected chi connectivity index (χ1v) is 25.0. The van der Waals surface area contributed by atoms with Crippen molar-refractivity contribution in [1.29, 1.82) is 0 Å². The molecular formula is C46H91N3O8Si. The number of piperidine rings is 3. The quantitative estimate of drug-likeness (QED) is 0.0549. The van der Waals surface area contributed by atoms with Crippen molar-refractivity contribution in [3.05, 3.63) is 0 Å². The monoisotopic (exact) mass is 842 g/mol. The Labute approximate surface area is 357 Å². The molecule has 11 nitrogen and oxygen atoms in total. The molecule has 0 atom stereocenters. The first-order valence-electron chi connectivity index (χ1n) is 23.0. The van der Waals surface area contributed by atoms with Crippen LogP contribution in [0.4, 0.5) is 0 Å². The average molecular weight is 842 g/mol. The number of carbonyl (C=O) groups excluding carboxylic acids is 2. The molecular weight excluding hydrogens is 751 g/mol. The van der Waals surface area contributed by atoms with Crippen molar-refractivity contribution in [2.24, 2.45) is 0 Å². The molecule has 0 bridgehead atoms. The predicted molar refractivity (Wildman–Crippen MR) is 238 cm³/mol. The summed E-state index contributed by atoms with van der Waals surface area (Å²) in [6.07, 6.45) is 13.7. The molecule has 0 saturated carbocycles. The summed E-state index contributed by atoms with van der Waals surface area (Å²) in [7, 11) is -2.53. The van der Waals surface area contributed by atoms with Gasteiger partial charge in [0.05, 0.1) is 6.10 Å². The molecule has 3 N–H and O–H groups in total. The number of hydrogen-bond donors (Lipinski definition) is 3. The van der Waals surface area contributed by atoms with E-state index in [1.165, 1.54) is 0 Å². The van der Waals surface area contributed by atoms with Crippen molar-refractivity contribution in [2.75, 3.05) is 26.4 Å². The summed E-state index contributed by atoms with van der Waals surface area (Å²) in [5.41, 5.74) is 0.180. The molecule has 3 aliphatic rings. The van der Waals surface area contributed by atoms with Crippen LogP contribution in [0.5, 0.6) is 0 Å². The molecule has 0 amide bonds. The Bertz CT molecular complexity index is 1100. The maximum Gasteiger partial charge on any atom is 0.501 e. The zero-order valence-corrected chi connectivity index (χ0v) is 41.1. The summed E-state index contributed by atoms with van der Waals surface area (Å²) in [4.78, 5) is 24.6. The van der Waals surface area contributed by atoms with Gasteiger partial charge in [-0.2, -0.15) is 0 Å². The highest BCUT2D eigenvalue weighted by molar-refractivity contribution is 6.60. The summed E-state index contributed by atoms with van der Waals surface area (Å²) >= 11 is 0. The number of hydrogen-bond acceptors (Lipinski definition) is 11. The lowest BCUT2D eigenvalue weighted by Gasteiger charge is -2.46. The van der Waals surface area contributed by atoms with Gasteiger partial charge in [0.2, 0.25) is 0 Å². The Kier molecular flexibility index (Phi) is 21.3. The zero-order chi connectivity index (χ0) is 43.9. The summed E-state index contributed by atoms with van der Waals surface area (Å²) in [6, 6.07) is 0.820. The van der Waals surface area contributed by atoms with Crippen LogP contribution < -0.4 is 16.0 Å². The van der Waals surface area contributed by atoms with E-state index in [9.17, 15) is 9.59 Å². The minimum Gasteiger partial charge on any atom is -0.462 e. The molecule has 0 aromatic rings. The van der Waals surface area contributed by atoms with Gasteiger partial charge < -0.3 is 43.4 Å². The second kappa shape index (κ2) is 23.4. The number of nitrogens with one attached hydrogen (secondary N) is 3. The van der Waals surface area contributed by atoms with E-state index in [2.05, 4.69) is 99.0 Å². The van der Waals surface area contributed by atoms with Gasteiger partial charge in [0.15, 0.2) is 0 Å². The van der Waals surface area contributed by atoms with Crippen LogP contribution in [-0.2, 0) is 37.1 Å². The van der Waals surface area contributed by atoms with Crippen LogP contribution in [0.2, 0.25) is 6.04 Å². The number of carbonyl (C=O) groups is 2. The topological polar surface area (TPSA) is 126 Å². The Hall–Kier alpha value is -1.12. The van der Waals surface area contributed by atoms with Crippen molar-refractivity contribution < 1.29 is 37.1 Å². The van der Waals surface area contributed by atoms with Gasteiger partial charge in [-0.3, -0.25) is 9.59 Å². The third-order valence-corrected chi connectivity index (χ3v) is 14.3. The van der Waals surface area contributed by atoms with Gasteiger partial charge in [-0.05, 0) is 136 Å². The van der Waals surface area contributed by atoms with E-state index in [-0.39, 0.29) is 57.4 Å². The van der Waals surface area contributed by atoms with Gasteiger partial charge in [-0.1, -0.05) is 25.7 Å². The fourth-order valence-corrected chi connectivity index (χ4v) is 12.8. The van der Waals surface area contributed by atoms with Gasteiger partial charge in [0.25, 0.3) is 0 Å². The molecule has 0 radical (unpaired) electrons. The van der Waals surface area contributed by atoms with E-state index >= 15 is 0 Å². The Morgan fingerprint density at radius 2 is 0.759 bits per heavy atom. The predicted octanol–water partition coefficient (Wildman–Crippen LogP) is 9.56. The van der Waals surface area contributed by atoms with E-state index in [1.54, 1.807) is 0 Å². The molecule has 3 fully saturated rings. The maximum absolute atomic E-state index is 12.3. The molecule has 3 heterocycles. The zero-order valence-electron chi connectivity index (χ0n) is 40.1. The first kappa shape index (κ1) is 53.0. The largest absolute Gasteiger partial charge is 0.501 e. The Morgan fingerprint density at radius 3 is 1.07 bits per heavy atom. The minimum absolute atomic E-state index is 0.000484. The fraction of sp³-hybridized carbons (Fsp3) is 0.957. The highest BCUT2D eigenvalue weighted by atomic mass is 28.4. The summed E-state index contributed by atoms with van der Waals surface area (Å²) in [5, 5.41) is 10.9. The highest BCUT2D eigenvalue weighted by Gasteiger charge is 2.42. The van der Waals surface area contributed by atoms with E-state index in [4.69, 9.17) is 27.5 Å². The minimum atomic E-state index is -2.53. The van der Waals surface area contributed by atoms with E-state index in [1.807, 2.05) is 20.8 Å². The number of esters is 2. The fourth-order valence-electron chi connectivity index (χ4n) is 10.2. The molecule has 342 valence electrons. The van der Waals surface area contributed by atoms with Crippen molar-refractivity contribution in [3.63, 3.8) is 0 Å². The average Bonchev–Trinajstić information content (AvgIpc) is 3.00. The van der Waals surface area contributed by atoms with Crippen molar-refractivity contribution in [3.8, 4) is 0 Å². The number of unbranched alkanes of at least 4 members (excludes halogenated alkanes) is 5. The number of rotatable bonds is 22. The molecule has 0 aliphatic carbocycles. The highest BCUT2D eigenvalue weighted by Crippen LogP contribution is 2.33. The SMILES string of the molecule is CC1(C)CC(OC(=O)CCCCCCCCC(=O)OC2CC(C)(C)NC(C)(C)C2)CC(C)(C)N1.CCO[Si](CCCOC1CC(C)(C)NC(C)(C)C1)(OCC)OCC. The second-order valence-electron chi connectivity index (χ2n) is 21.3. The molecule has 12 heteroatoms. The smallest absolute Gasteiger partial charge is 0.462 e. The van der Waals surface area contributed by atoms with Crippen LogP contribution in [0, 0.1) is 0 Å². The van der Waals surface area contributed by atoms with Crippen LogP contribution in [0.3, 0.4) is 0 Å². The molecule has 0 spiro atoms. The van der Waals surface area contributed by atoms with Crippen LogP contribution in [-0.4, -0.2) is 98.7 Å². The summed E-state index contributed by atoms with van der Waals surface area (Å²) in [6.45, 7) is 35.0. The molecule has 0 aromatic heterocycles. The first-order chi connectivity index (χ1) is 26.7. The van der Waals surface area contributed by atoms with Crippen LogP contribution in [0.1, 0.15) is 200 Å². The van der Waals surface area contributed by atoms with Crippen molar-refractivity contribution in [1.82, 2.24) is 16.0 Å². The van der Waals surface area contributed by atoms with E-state index in [0.717, 1.165) is 96.1 Å². The second-order valence-corrected chi connectivity index (χ2v) is 24.1. The Balaban J connectivity index is 0.000000426. The maximum atomic E-state index is 12.3. The number of ether oxygens (including phenoxy) is 3. The van der Waals surface area contributed by atoms with E-state index in [0.29, 0.717) is 38.8 Å². The van der Waals surface area contributed by atoms with Crippen LogP contribution in [0.15, 0.2) is 0 Å². The van der Waals surface area contributed by atoms with Crippen molar-refractivity contribution >= 4 is 20.7 Å². The van der Waals surface area contributed by atoms with Gasteiger partial charge in [0.1, 0.15) is 12.2 Å². The summed E-state index contributed by atoms with van der Waals surface area (Å²) in [5.74, 6) is -0.129. The lowest BCUT2D eigenvalue weighted by Crippen LogP contribution is -2.59. The van der Waals surface area contributed by atoms with Gasteiger partial charge in [0, 0.05) is 104 Å². The normalized spacial score (nSPS) is 22.7. The molecule has 3 saturated heterocycles. The summed E-state index contributed by atoms with van der Waals surface area (Å²) < 4.78 is 35.5. The molecule has 0 unspecified atom stereocenters. The lowest BCUT2D eigenvalue weighted by atomic mass is 9.81. The van der Waals surface area contributed by atoms with Crippen LogP contribution >= 0.6 is 0 Å².